The summed E-state index contributed by atoms with van der Waals surface area (Å²) in [5.41, 5.74) is 1.34. The molecule has 3 rings (SSSR count). The number of aliphatic hydroxyl groups excluding tert-OH is 1. The van der Waals surface area contributed by atoms with Crippen LogP contribution in [0, 0.1) is 0 Å². The second-order valence-corrected chi connectivity index (χ2v) is 9.88. The Morgan fingerprint density at radius 1 is 1.22 bits per heavy atom. The van der Waals surface area contributed by atoms with Gasteiger partial charge in [-0.05, 0) is 46.5 Å². The second-order valence-electron chi connectivity index (χ2n) is 6.36. The summed E-state index contributed by atoms with van der Waals surface area (Å²) in [7, 11) is -3.96. The Bertz CT molecular complexity index is 1040. The molecule has 5 nitrogen and oxygen atoms in total. The van der Waals surface area contributed by atoms with E-state index in [1.54, 1.807) is 4.57 Å². The predicted octanol–water partition coefficient (Wildman–Crippen LogP) is 4.75. The largest absolute Gasteiger partial charge is 0.388 e. The van der Waals surface area contributed by atoms with Crippen LogP contribution < -0.4 is 0 Å². The molecule has 0 radical (unpaired) electrons. The highest BCUT2D eigenvalue weighted by Gasteiger charge is 2.31. The molecule has 0 aliphatic rings. The minimum atomic E-state index is -3.96. The monoisotopic (exact) mass is 444 g/mol. The normalized spacial score (nSPS) is 12.1. The molecule has 0 fully saturated rings. The molecule has 2 heterocycles. The van der Waals surface area contributed by atoms with Crippen LogP contribution in [0.3, 0.4) is 0 Å². The Morgan fingerprint density at radius 3 is 2.41 bits per heavy atom. The van der Waals surface area contributed by atoms with Gasteiger partial charge in [0.05, 0.1) is 17.1 Å². The van der Waals surface area contributed by atoms with Crippen molar-refractivity contribution >= 4 is 44.4 Å². The summed E-state index contributed by atoms with van der Waals surface area (Å²) < 4.78 is 28.5. The first kappa shape index (κ1) is 20.4. The molecule has 0 atom stereocenters. The highest BCUT2D eigenvalue weighted by Crippen LogP contribution is 2.33. The molecule has 1 aromatic carbocycles. The Kier molecular flexibility index (Phi) is 5.98. The molecule has 144 valence electrons. The van der Waals surface area contributed by atoms with Gasteiger partial charge < -0.3 is 9.67 Å². The third-order valence-electron chi connectivity index (χ3n) is 4.04. The summed E-state index contributed by atoms with van der Waals surface area (Å²) in [6, 6.07) is 6.13. The lowest BCUT2D eigenvalue weighted by Crippen LogP contribution is -2.15. The maximum atomic E-state index is 13.5. The van der Waals surface area contributed by atoms with Gasteiger partial charge in [0.15, 0.2) is 5.03 Å². The molecule has 3 aromatic rings. The van der Waals surface area contributed by atoms with Gasteiger partial charge in [-0.25, -0.2) is 13.4 Å². The van der Waals surface area contributed by atoms with Gasteiger partial charge in [-0.2, -0.15) is 11.3 Å². The third kappa shape index (κ3) is 4.07. The van der Waals surface area contributed by atoms with Gasteiger partial charge in [0, 0.05) is 10.0 Å². The smallest absolute Gasteiger partial charge is 0.224 e. The van der Waals surface area contributed by atoms with E-state index in [4.69, 9.17) is 23.2 Å². The van der Waals surface area contributed by atoms with Crippen molar-refractivity contribution < 1.29 is 13.5 Å². The third-order valence-corrected chi connectivity index (χ3v) is 7.00. The number of halogens is 2. The van der Waals surface area contributed by atoms with E-state index in [0.717, 1.165) is 5.56 Å². The fraction of sp³-hybridized carbons (Fsp3) is 0.278. The first-order chi connectivity index (χ1) is 12.7. The summed E-state index contributed by atoms with van der Waals surface area (Å²) in [5, 5.41) is 14.2. The van der Waals surface area contributed by atoms with E-state index in [1.807, 2.05) is 30.7 Å². The Morgan fingerprint density at radius 2 is 1.89 bits per heavy atom. The Balaban J connectivity index is 2.27. The van der Waals surface area contributed by atoms with Gasteiger partial charge in [0.1, 0.15) is 12.4 Å². The maximum absolute atomic E-state index is 13.5. The molecule has 9 heteroatoms. The lowest BCUT2D eigenvalue weighted by atomic mass is 10.1. The van der Waals surface area contributed by atoms with Crippen molar-refractivity contribution in [1.82, 2.24) is 9.55 Å². The van der Waals surface area contributed by atoms with E-state index >= 15 is 0 Å². The van der Waals surface area contributed by atoms with Gasteiger partial charge in [-0.15, -0.1) is 0 Å². The van der Waals surface area contributed by atoms with Crippen molar-refractivity contribution in [3.63, 3.8) is 0 Å². The van der Waals surface area contributed by atoms with Crippen molar-refractivity contribution in [3.8, 4) is 0 Å². The Hall–Kier alpha value is -1.38. The molecule has 0 saturated heterocycles. The zero-order chi connectivity index (χ0) is 19.8. The maximum Gasteiger partial charge on any atom is 0.224 e. The first-order valence-electron chi connectivity index (χ1n) is 8.16. The van der Waals surface area contributed by atoms with Gasteiger partial charge >= 0.3 is 0 Å². The number of hydrogen-bond acceptors (Lipinski definition) is 5. The minimum absolute atomic E-state index is 0.00198. The lowest BCUT2D eigenvalue weighted by Gasteiger charge is -2.14. The molecule has 0 aliphatic heterocycles. The number of rotatable bonds is 6. The summed E-state index contributed by atoms with van der Waals surface area (Å²) in [6.07, 6.45) is 0. The van der Waals surface area contributed by atoms with Crippen molar-refractivity contribution in [1.29, 1.82) is 0 Å². The summed E-state index contributed by atoms with van der Waals surface area (Å²) >= 11 is 13.6. The number of aliphatic hydroxyl groups is 1. The molecule has 0 amide bonds. The predicted molar refractivity (Wildman–Crippen MR) is 108 cm³/mol. The fourth-order valence-corrected chi connectivity index (χ4v) is 5.93. The van der Waals surface area contributed by atoms with Crippen LogP contribution in [0.5, 0.6) is 0 Å². The van der Waals surface area contributed by atoms with E-state index in [0.29, 0.717) is 18.1 Å². The fourth-order valence-electron chi connectivity index (χ4n) is 2.81. The van der Waals surface area contributed by atoms with Crippen molar-refractivity contribution in [2.24, 2.45) is 0 Å². The van der Waals surface area contributed by atoms with Crippen LogP contribution in [0.2, 0.25) is 10.0 Å². The molecule has 1 N–H and O–H groups in total. The lowest BCUT2D eigenvalue weighted by molar-refractivity contribution is 0.264. The van der Waals surface area contributed by atoms with Crippen molar-refractivity contribution in [3.05, 3.63) is 62.2 Å². The van der Waals surface area contributed by atoms with E-state index in [-0.39, 0.29) is 32.5 Å². The molecular weight excluding hydrogens is 427 g/mol. The molecule has 0 spiro atoms. The summed E-state index contributed by atoms with van der Waals surface area (Å²) in [6.45, 7) is 3.66. The first-order valence-corrected chi connectivity index (χ1v) is 11.3. The number of nitrogens with zero attached hydrogens (tertiary/aromatic N) is 2. The van der Waals surface area contributed by atoms with Gasteiger partial charge in [-0.3, -0.25) is 0 Å². The van der Waals surface area contributed by atoms with Crippen LogP contribution in [0.1, 0.15) is 36.8 Å². The van der Waals surface area contributed by atoms with Gasteiger partial charge in [0.25, 0.3) is 0 Å². The Labute approximate surface area is 172 Å². The van der Waals surface area contributed by atoms with Gasteiger partial charge in [0.2, 0.25) is 9.84 Å². The highest BCUT2D eigenvalue weighted by atomic mass is 35.5. The summed E-state index contributed by atoms with van der Waals surface area (Å²) in [4.78, 5) is 4.41. The van der Waals surface area contributed by atoms with Gasteiger partial charge in [-0.1, -0.05) is 37.0 Å². The number of aromatic nitrogens is 2. The minimum Gasteiger partial charge on any atom is -0.388 e. The topological polar surface area (TPSA) is 72.2 Å². The van der Waals surface area contributed by atoms with Crippen LogP contribution in [-0.4, -0.2) is 23.1 Å². The van der Waals surface area contributed by atoms with E-state index in [2.05, 4.69) is 4.98 Å². The van der Waals surface area contributed by atoms with E-state index in [9.17, 15) is 13.5 Å². The van der Waals surface area contributed by atoms with Crippen LogP contribution in [0.15, 0.2) is 44.9 Å². The van der Waals surface area contributed by atoms with Crippen LogP contribution in [-0.2, 0) is 23.0 Å². The van der Waals surface area contributed by atoms with Crippen molar-refractivity contribution in [2.75, 3.05) is 0 Å². The molecule has 0 saturated carbocycles. The number of benzene rings is 1. The number of hydrogen-bond donors (Lipinski definition) is 1. The molecule has 0 bridgehead atoms. The highest BCUT2D eigenvalue weighted by molar-refractivity contribution is 7.91. The van der Waals surface area contributed by atoms with Crippen molar-refractivity contribution in [2.45, 2.75) is 42.8 Å². The van der Waals surface area contributed by atoms with Crippen LogP contribution in [0.25, 0.3) is 0 Å². The summed E-state index contributed by atoms with van der Waals surface area (Å²) in [5.74, 6) is 0.148. The molecule has 0 unspecified atom stereocenters. The molecule has 2 aromatic heterocycles. The van der Waals surface area contributed by atoms with E-state index in [1.165, 1.54) is 29.5 Å². The van der Waals surface area contributed by atoms with Crippen LogP contribution >= 0.6 is 34.5 Å². The average Bonchev–Trinajstić information content (AvgIpc) is 3.22. The average molecular weight is 445 g/mol. The quantitative estimate of drug-likeness (QED) is 0.595. The van der Waals surface area contributed by atoms with E-state index < -0.39 is 9.84 Å². The zero-order valence-electron chi connectivity index (χ0n) is 14.7. The molecule has 0 aliphatic carbocycles. The number of thiophene rings is 1. The standard InChI is InChI=1S/C18H18Cl2N2O3S2/c1-11(2)17-18(27(24,25)15-6-13(19)5-14(20)7-15)22(16(9-23)21-17)8-12-3-4-26-10-12/h3-7,10-11,23H,8-9H2,1-2H3. The SMILES string of the molecule is CC(C)c1nc(CO)n(Cc2ccsc2)c1S(=O)(=O)c1cc(Cl)cc(Cl)c1. The number of imidazole rings is 1. The molecular formula is C18H18Cl2N2O3S2. The molecule has 27 heavy (non-hydrogen) atoms. The second kappa shape index (κ2) is 7.93. The van der Waals surface area contributed by atoms with Crippen LogP contribution in [0.4, 0.5) is 0 Å². The number of sulfone groups is 1. The zero-order valence-corrected chi connectivity index (χ0v) is 17.8.